The average Bonchev–Trinajstić information content (AvgIpc) is 1.91. The van der Waals surface area contributed by atoms with Gasteiger partial charge in [-0.25, -0.2) is 0 Å². The van der Waals surface area contributed by atoms with Crippen LogP contribution in [0, 0.1) is 0 Å². The van der Waals surface area contributed by atoms with Gasteiger partial charge in [0.1, 0.15) is 0 Å². The van der Waals surface area contributed by atoms with Crippen LogP contribution in [-0.4, -0.2) is 11.7 Å². The van der Waals surface area contributed by atoms with Crippen molar-refractivity contribution >= 4 is 0 Å². The predicted octanol–water partition coefficient (Wildman–Crippen LogP) is 0.372. The molecule has 0 aromatic rings. The van der Waals surface area contributed by atoms with Gasteiger partial charge < -0.3 is 10.5 Å². The molecule has 0 saturated carbocycles. The van der Waals surface area contributed by atoms with E-state index in [2.05, 4.69) is 24.8 Å². The Balaban J connectivity index is 0. The Labute approximate surface area is 56.5 Å². The van der Waals surface area contributed by atoms with E-state index in [0.717, 1.165) is 12.8 Å². The van der Waals surface area contributed by atoms with Gasteiger partial charge in [0.25, 0.3) is 0 Å². The first-order valence-electron chi connectivity index (χ1n) is 3.01. The maximum atomic E-state index is 8.07. The number of nitrogens with two attached hydrogens (primary N) is 1. The molecule has 0 radical (unpaired) electrons. The van der Waals surface area contributed by atoms with Gasteiger partial charge in [0.15, 0.2) is 0 Å². The van der Waals surface area contributed by atoms with E-state index in [9.17, 15) is 0 Å². The number of aliphatic hydroxyl groups is 1. The molecule has 3 heteroatoms. The molecule has 4 N–H and O–H groups in total. The van der Waals surface area contributed by atoms with E-state index in [-0.39, 0.29) is 0 Å². The first-order valence-corrected chi connectivity index (χ1v) is 3.01. The fourth-order valence-corrected chi connectivity index (χ4v) is 0.158. The Morgan fingerprint density at radius 2 is 2.22 bits per heavy atom. The smallest absolute Gasteiger partial charge is 0.0430 e. The van der Waals surface area contributed by atoms with Gasteiger partial charge in [-0.1, -0.05) is 19.9 Å². The number of hydrazine groups is 1. The third kappa shape index (κ3) is 36.7. The van der Waals surface area contributed by atoms with Gasteiger partial charge in [-0.3, -0.25) is 5.84 Å². The number of nitrogens with one attached hydrogen (secondary N) is 1. The highest BCUT2D eigenvalue weighted by Gasteiger charge is 1.69. The molecule has 9 heavy (non-hydrogen) atoms. The summed E-state index contributed by atoms with van der Waals surface area (Å²) in [6.45, 7) is 5.64. The molecule has 0 aromatic carbocycles. The van der Waals surface area contributed by atoms with Crippen molar-refractivity contribution in [3.05, 3.63) is 12.8 Å². The van der Waals surface area contributed by atoms with Gasteiger partial charge in [0, 0.05) is 12.8 Å². The molecular weight excluding hydrogens is 116 g/mol. The predicted molar refractivity (Wildman–Crippen MR) is 39.5 cm³/mol. The Hall–Kier alpha value is -0.540. The molecule has 56 valence electrons. The zero-order valence-electron chi connectivity index (χ0n) is 5.93. The normalized spacial score (nSPS) is 7.00. The Morgan fingerprint density at radius 1 is 1.78 bits per heavy atom. The van der Waals surface area contributed by atoms with Crippen molar-refractivity contribution in [1.82, 2.24) is 5.43 Å². The van der Waals surface area contributed by atoms with Crippen LogP contribution in [0.5, 0.6) is 0 Å². The Bertz CT molecular complexity index is 46.3. The molecule has 0 atom stereocenters. The summed E-state index contributed by atoms with van der Waals surface area (Å²) in [4.78, 5) is 0. The molecule has 0 saturated heterocycles. The molecular formula is C6H16N2O. The maximum Gasteiger partial charge on any atom is 0.0430 e. The van der Waals surface area contributed by atoms with E-state index in [0.29, 0.717) is 6.61 Å². The lowest BCUT2D eigenvalue weighted by Crippen LogP contribution is -2.11. The number of rotatable bonds is 3. The second-order valence-electron chi connectivity index (χ2n) is 1.45. The third-order valence-electron chi connectivity index (χ3n) is 0.630. The van der Waals surface area contributed by atoms with Crippen LogP contribution in [0.15, 0.2) is 12.8 Å². The highest BCUT2D eigenvalue weighted by atomic mass is 16.2. The zero-order chi connectivity index (χ0) is 7.54. The van der Waals surface area contributed by atoms with Crippen LogP contribution in [-0.2, 0) is 0 Å². The van der Waals surface area contributed by atoms with Gasteiger partial charge in [0.2, 0.25) is 0 Å². The second-order valence-corrected chi connectivity index (χ2v) is 1.45. The van der Waals surface area contributed by atoms with E-state index in [1.54, 1.807) is 0 Å². The highest BCUT2D eigenvalue weighted by molar-refractivity contribution is 4.53. The van der Waals surface area contributed by atoms with E-state index >= 15 is 0 Å². The molecule has 0 aromatic heterocycles. The van der Waals surface area contributed by atoms with E-state index in [1.165, 1.54) is 6.20 Å². The van der Waals surface area contributed by atoms with E-state index in [4.69, 9.17) is 5.11 Å². The van der Waals surface area contributed by atoms with Gasteiger partial charge >= 0.3 is 0 Å². The largest absolute Gasteiger partial charge is 0.396 e. The summed E-state index contributed by atoms with van der Waals surface area (Å²) < 4.78 is 0. The van der Waals surface area contributed by atoms with Crippen molar-refractivity contribution in [2.45, 2.75) is 19.8 Å². The van der Waals surface area contributed by atoms with Crippen molar-refractivity contribution < 1.29 is 5.11 Å². The molecule has 3 nitrogen and oxygen atoms in total. The SMILES string of the molecule is C=CNN.CCCCO. The molecule has 0 heterocycles. The second kappa shape index (κ2) is 15.7. The highest BCUT2D eigenvalue weighted by Crippen LogP contribution is 1.78. The number of hydrogen-bond donors (Lipinski definition) is 3. The third-order valence-corrected chi connectivity index (χ3v) is 0.630. The molecule has 0 bridgehead atoms. The fraction of sp³-hybridized carbons (Fsp3) is 0.667. The van der Waals surface area contributed by atoms with Crippen LogP contribution in [0.25, 0.3) is 0 Å². The summed E-state index contributed by atoms with van der Waals surface area (Å²) in [5.41, 5.74) is 2.19. The molecule has 0 aliphatic carbocycles. The van der Waals surface area contributed by atoms with Crippen LogP contribution in [0.4, 0.5) is 0 Å². The summed E-state index contributed by atoms with van der Waals surface area (Å²) in [5, 5.41) is 8.07. The van der Waals surface area contributed by atoms with Gasteiger partial charge in [0.05, 0.1) is 0 Å². The lowest BCUT2D eigenvalue weighted by Gasteiger charge is -1.79. The monoisotopic (exact) mass is 132 g/mol. The van der Waals surface area contributed by atoms with Crippen molar-refractivity contribution in [3.63, 3.8) is 0 Å². The van der Waals surface area contributed by atoms with Crippen LogP contribution in [0.2, 0.25) is 0 Å². The maximum absolute atomic E-state index is 8.07. The summed E-state index contributed by atoms with van der Waals surface area (Å²) in [5.74, 6) is 4.66. The lowest BCUT2D eigenvalue weighted by molar-refractivity contribution is 0.287. The first kappa shape index (κ1) is 11.3. The van der Waals surface area contributed by atoms with Crippen molar-refractivity contribution in [3.8, 4) is 0 Å². The summed E-state index contributed by atoms with van der Waals surface area (Å²) >= 11 is 0. The van der Waals surface area contributed by atoms with E-state index < -0.39 is 0 Å². The minimum atomic E-state index is 0.344. The molecule has 0 spiro atoms. The van der Waals surface area contributed by atoms with Crippen LogP contribution < -0.4 is 11.3 Å². The summed E-state index contributed by atoms with van der Waals surface area (Å²) in [6.07, 6.45) is 3.44. The van der Waals surface area contributed by atoms with Crippen molar-refractivity contribution in [2.24, 2.45) is 5.84 Å². The number of hydrogen-bond acceptors (Lipinski definition) is 3. The first-order chi connectivity index (χ1) is 4.33. The van der Waals surface area contributed by atoms with E-state index in [1.807, 2.05) is 0 Å². The fourth-order valence-electron chi connectivity index (χ4n) is 0.158. The molecule has 0 unspecified atom stereocenters. The lowest BCUT2D eigenvalue weighted by atomic mass is 10.4. The molecule has 0 aliphatic rings. The molecule has 0 fully saturated rings. The topological polar surface area (TPSA) is 58.3 Å². The zero-order valence-corrected chi connectivity index (χ0v) is 5.93. The minimum absolute atomic E-state index is 0.344. The van der Waals surface area contributed by atoms with Gasteiger partial charge in [-0.05, 0) is 6.42 Å². The van der Waals surface area contributed by atoms with Crippen molar-refractivity contribution in [2.75, 3.05) is 6.61 Å². The van der Waals surface area contributed by atoms with Gasteiger partial charge in [-0.15, -0.1) is 0 Å². The minimum Gasteiger partial charge on any atom is -0.396 e. The van der Waals surface area contributed by atoms with Crippen LogP contribution in [0.1, 0.15) is 19.8 Å². The molecule has 0 amide bonds. The van der Waals surface area contributed by atoms with Crippen LogP contribution >= 0.6 is 0 Å². The quantitative estimate of drug-likeness (QED) is 0.384. The number of unbranched alkanes of at least 4 members (excludes halogenated alkanes) is 1. The Morgan fingerprint density at radius 3 is 2.22 bits per heavy atom. The number of aliphatic hydroxyl groups excluding tert-OH is 1. The van der Waals surface area contributed by atoms with Gasteiger partial charge in [-0.2, -0.15) is 0 Å². The summed E-state index contributed by atoms with van der Waals surface area (Å²) in [6, 6.07) is 0. The standard InChI is InChI=1S/C4H10O.C2H6N2/c1-2-3-4-5;1-2-4-3/h5H,2-4H2,1H3;2,4H,1,3H2. The van der Waals surface area contributed by atoms with Crippen LogP contribution in [0.3, 0.4) is 0 Å². The molecule has 0 aliphatic heterocycles. The average molecular weight is 132 g/mol. The molecule has 0 rings (SSSR count). The summed E-state index contributed by atoms with van der Waals surface area (Å²) in [7, 11) is 0. The van der Waals surface area contributed by atoms with Crippen molar-refractivity contribution in [1.29, 1.82) is 0 Å². The Kier molecular flexibility index (Phi) is 19.6.